The minimum Gasteiger partial charge on any atom is -0.354 e. The van der Waals surface area contributed by atoms with Gasteiger partial charge in [-0.25, -0.2) is 4.98 Å². The predicted octanol–water partition coefficient (Wildman–Crippen LogP) is 2.02. The lowest BCUT2D eigenvalue weighted by molar-refractivity contribution is 0.689. The number of nitrogens with one attached hydrogen (secondary N) is 1. The van der Waals surface area contributed by atoms with Crippen molar-refractivity contribution in [2.24, 2.45) is 0 Å². The molecule has 1 aliphatic carbocycles. The molecule has 1 aromatic rings. The van der Waals surface area contributed by atoms with Crippen molar-refractivity contribution in [3.8, 4) is 0 Å². The standard InChI is InChI=1S/C11H19N3S/c1-4-9-10(7-12-8-5-6-8)15-11(13-9)14(2)3/h8,12H,4-7H2,1-3H3. The van der Waals surface area contributed by atoms with Gasteiger partial charge >= 0.3 is 0 Å². The lowest BCUT2D eigenvalue weighted by Gasteiger charge is -2.05. The van der Waals surface area contributed by atoms with Gasteiger partial charge in [0.2, 0.25) is 0 Å². The summed E-state index contributed by atoms with van der Waals surface area (Å²) in [5.41, 5.74) is 1.26. The number of hydrogen-bond acceptors (Lipinski definition) is 4. The van der Waals surface area contributed by atoms with Crippen molar-refractivity contribution in [2.75, 3.05) is 19.0 Å². The summed E-state index contributed by atoms with van der Waals surface area (Å²) in [6.45, 7) is 3.18. The number of aryl methyl sites for hydroxylation is 1. The molecule has 0 spiro atoms. The van der Waals surface area contributed by atoms with Gasteiger partial charge < -0.3 is 10.2 Å². The first-order valence-corrected chi connectivity index (χ1v) is 6.41. The number of hydrogen-bond donors (Lipinski definition) is 1. The molecule has 2 rings (SSSR count). The molecule has 1 aliphatic rings. The summed E-state index contributed by atoms with van der Waals surface area (Å²) in [5, 5.41) is 4.68. The zero-order valence-electron chi connectivity index (χ0n) is 9.71. The number of thiazole rings is 1. The van der Waals surface area contributed by atoms with Crippen molar-refractivity contribution in [2.45, 2.75) is 38.8 Å². The van der Waals surface area contributed by atoms with Crippen molar-refractivity contribution in [1.82, 2.24) is 10.3 Å². The molecule has 0 bridgehead atoms. The molecule has 0 radical (unpaired) electrons. The summed E-state index contributed by atoms with van der Waals surface area (Å²) in [4.78, 5) is 8.13. The van der Waals surface area contributed by atoms with E-state index in [1.807, 2.05) is 11.3 Å². The van der Waals surface area contributed by atoms with Crippen LogP contribution in [0.5, 0.6) is 0 Å². The average Bonchev–Trinajstić information content (AvgIpc) is 2.94. The van der Waals surface area contributed by atoms with E-state index in [1.165, 1.54) is 23.4 Å². The Morgan fingerprint density at radius 1 is 1.47 bits per heavy atom. The maximum Gasteiger partial charge on any atom is 0.185 e. The quantitative estimate of drug-likeness (QED) is 0.831. The van der Waals surface area contributed by atoms with Gasteiger partial charge in [0.25, 0.3) is 0 Å². The van der Waals surface area contributed by atoms with Crippen LogP contribution in [0.25, 0.3) is 0 Å². The maximum atomic E-state index is 4.63. The second-order valence-electron chi connectivity index (χ2n) is 4.27. The van der Waals surface area contributed by atoms with Gasteiger partial charge in [-0.05, 0) is 19.3 Å². The second kappa shape index (κ2) is 4.49. The van der Waals surface area contributed by atoms with Gasteiger partial charge in [0.1, 0.15) is 0 Å². The molecule has 84 valence electrons. The fourth-order valence-corrected chi connectivity index (χ4v) is 2.52. The molecule has 1 aromatic heterocycles. The Balaban J connectivity index is 2.05. The lowest BCUT2D eigenvalue weighted by Crippen LogP contribution is -2.15. The smallest absolute Gasteiger partial charge is 0.185 e. The Morgan fingerprint density at radius 3 is 2.73 bits per heavy atom. The molecule has 0 aliphatic heterocycles. The third-order valence-corrected chi connectivity index (χ3v) is 3.88. The van der Waals surface area contributed by atoms with Gasteiger partial charge in [0.15, 0.2) is 5.13 Å². The Labute approximate surface area is 95.5 Å². The second-order valence-corrected chi connectivity index (χ2v) is 5.33. The largest absolute Gasteiger partial charge is 0.354 e. The highest BCUT2D eigenvalue weighted by Gasteiger charge is 2.21. The summed E-state index contributed by atoms with van der Waals surface area (Å²) in [6, 6.07) is 0.777. The van der Waals surface area contributed by atoms with Crippen LogP contribution < -0.4 is 10.2 Å². The van der Waals surface area contributed by atoms with E-state index >= 15 is 0 Å². The first kappa shape index (κ1) is 10.9. The van der Waals surface area contributed by atoms with E-state index in [4.69, 9.17) is 0 Å². The molecular formula is C11H19N3S. The van der Waals surface area contributed by atoms with Crippen LogP contribution in [0.1, 0.15) is 30.3 Å². The van der Waals surface area contributed by atoms with Crippen LogP contribution in [0, 0.1) is 0 Å². The molecular weight excluding hydrogens is 206 g/mol. The van der Waals surface area contributed by atoms with Crippen molar-refractivity contribution >= 4 is 16.5 Å². The van der Waals surface area contributed by atoms with E-state index in [2.05, 4.69) is 36.2 Å². The summed E-state index contributed by atoms with van der Waals surface area (Å²) in [6.07, 6.45) is 3.73. The molecule has 1 saturated carbocycles. The van der Waals surface area contributed by atoms with Gasteiger partial charge in [-0.15, -0.1) is 11.3 Å². The van der Waals surface area contributed by atoms with Crippen LogP contribution in [-0.2, 0) is 13.0 Å². The van der Waals surface area contributed by atoms with E-state index < -0.39 is 0 Å². The topological polar surface area (TPSA) is 28.2 Å². The number of rotatable bonds is 5. The zero-order chi connectivity index (χ0) is 10.8. The van der Waals surface area contributed by atoms with Crippen molar-refractivity contribution in [1.29, 1.82) is 0 Å². The van der Waals surface area contributed by atoms with E-state index in [0.717, 1.165) is 24.1 Å². The van der Waals surface area contributed by atoms with E-state index in [9.17, 15) is 0 Å². The first-order chi connectivity index (χ1) is 7.20. The molecule has 1 fully saturated rings. The Hall–Kier alpha value is -0.610. The minimum absolute atomic E-state index is 0.777. The van der Waals surface area contributed by atoms with Crippen LogP contribution in [0.4, 0.5) is 5.13 Å². The van der Waals surface area contributed by atoms with Crippen LogP contribution in [0.15, 0.2) is 0 Å². The fourth-order valence-electron chi connectivity index (χ4n) is 1.50. The highest BCUT2D eigenvalue weighted by Crippen LogP contribution is 2.27. The van der Waals surface area contributed by atoms with Crippen LogP contribution in [0.2, 0.25) is 0 Å². The summed E-state index contributed by atoms with van der Waals surface area (Å²) in [5.74, 6) is 0. The number of anilines is 1. The summed E-state index contributed by atoms with van der Waals surface area (Å²) >= 11 is 1.81. The molecule has 0 aromatic carbocycles. The van der Waals surface area contributed by atoms with Crippen molar-refractivity contribution < 1.29 is 0 Å². The Morgan fingerprint density at radius 2 is 2.20 bits per heavy atom. The molecule has 1 heterocycles. The summed E-state index contributed by atoms with van der Waals surface area (Å²) in [7, 11) is 4.10. The highest BCUT2D eigenvalue weighted by molar-refractivity contribution is 7.15. The van der Waals surface area contributed by atoms with Crippen LogP contribution in [-0.4, -0.2) is 25.1 Å². The van der Waals surface area contributed by atoms with E-state index in [-0.39, 0.29) is 0 Å². The van der Waals surface area contributed by atoms with Gasteiger partial charge in [0, 0.05) is 31.6 Å². The van der Waals surface area contributed by atoms with Gasteiger partial charge in [-0.2, -0.15) is 0 Å². The molecule has 0 saturated heterocycles. The number of aromatic nitrogens is 1. The Bertz CT molecular complexity index is 329. The maximum absolute atomic E-state index is 4.63. The van der Waals surface area contributed by atoms with Gasteiger partial charge in [-0.1, -0.05) is 6.92 Å². The molecule has 15 heavy (non-hydrogen) atoms. The SMILES string of the molecule is CCc1nc(N(C)C)sc1CNC1CC1. The average molecular weight is 225 g/mol. The van der Waals surface area contributed by atoms with Crippen LogP contribution >= 0.6 is 11.3 Å². The van der Waals surface area contributed by atoms with Gasteiger partial charge in [0.05, 0.1) is 5.69 Å². The monoisotopic (exact) mass is 225 g/mol. The van der Waals surface area contributed by atoms with Crippen molar-refractivity contribution in [3.05, 3.63) is 10.6 Å². The van der Waals surface area contributed by atoms with Crippen molar-refractivity contribution in [3.63, 3.8) is 0 Å². The Kier molecular flexibility index (Phi) is 3.26. The molecule has 0 amide bonds. The fraction of sp³-hybridized carbons (Fsp3) is 0.727. The minimum atomic E-state index is 0.777. The predicted molar refractivity (Wildman–Crippen MR) is 65.7 cm³/mol. The van der Waals surface area contributed by atoms with Gasteiger partial charge in [-0.3, -0.25) is 0 Å². The van der Waals surface area contributed by atoms with E-state index in [1.54, 1.807) is 0 Å². The number of nitrogens with zero attached hydrogens (tertiary/aromatic N) is 2. The third-order valence-electron chi connectivity index (χ3n) is 2.61. The normalized spacial score (nSPS) is 15.7. The van der Waals surface area contributed by atoms with Crippen LogP contribution in [0.3, 0.4) is 0 Å². The molecule has 0 unspecified atom stereocenters. The van der Waals surface area contributed by atoms with E-state index in [0.29, 0.717) is 0 Å². The zero-order valence-corrected chi connectivity index (χ0v) is 10.5. The summed E-state index contributed by atoms with van der Waals surface area (Å²) < 4.78 is 0. The highest BCUT2D eigenvalue weighted by atomic mass is 32.1. The molecule has 4 heteroatoms. The molecule has 1 N–H and O–H groups in total. The third kappa shape index (κ3) is 2.69. The molecule has 0 atom stereocenters. The first-order valence-electron chi connectivity index (χ1n) is 5.60. The molecule has 3 nitrogen and oxygen atoms in total. The lowest BCUT2D eigenvalue weighted by atomic mass is 10.3.